The van der Waals surface area contributed by atoms with E-state index in [0.29, 0.717) is 5.54 Å². The van der Waals surface area contributed by atoms with Crippen molar-refractivity contribution in [3.05, 3.63) is 0 Å². The van der Waals surface area contributed by atoms with E-state index in [-0.39, 0.29) is 0 Å². The molecule has 2 nitrogen and oxygen atoms in total. The highest BCUT2D eigenvalue weighted by molar-refractivity contribution is 4.92. The largest absolute Gasteiger partial charge is 0.314 e. The van der Waals surface area contributed by atoms with Crippen LogP contribution in [-0.2, 0) is 0 Å². The van der Waals surface area contributed by atoms with Gasteiger partial charge in [0.05, 0.1) is 0 Å². The number of hydrogen-bond acceptors (Lipinski definition) is 2. The molecule has 2 rings (SSSR count). The van der Waals surface area contributed by atoms with Gasteiger partial charge in [0.25, 0.3) is 0 Å². The molecule has 1 N–H and O–H groups in total. The van der Waals surface area contributed by atoms with Gasteiger partial charge in [-0.15, -0.1) is 0 Å². The number of nitrogens with zero attached hydrogens (tertiary/aromatic N) is 1. The van der Waals surface area contributed by atoms with Crippen molar-refractivity contribution in [3.63, 3.8) is 0 Å². The number of nitrogens with one attached hydrogen (secondary N) is 1. The minimum Gasteiger partial charge on any atom is -0.314 e. The first kappa shape index (κ1) is 11.4. The molecule has 0 spiro atoms. The number of rotatable bonds is 3. The van der Waals surface area contributed by atoms with E-state index in [1.54, 1.807) is 0 Å². The Morgan fingerprint density at radius 3 is 2.73 bits per heavy atom. The van der Waals surface area contributed by atoms with Crippen LogP contribution in [0.4, 0.5) is 0 Å². The number of piperazine rings is 1. The monoisotopic (exact) mass is 210 g/mol. The summed E-state index contributed by atoms with van der Waals surface area (Å²) in [6.45, 7) is 9.72. The molecule has 1 aliphatic heterocycles. The van der Waals surface area contributed by atoms with Gasteiger partial charge in [-0.1, -0.05) is 19.8 Å². The smallest absolute Gasteiger partial charge is 0.0303 e. The van der Waals surface area contributed by atoms with E-state index >= 15 is 0 Å². The lowest BCUT2D eigenvalue weighted by atomic mass is 9.92. The first-order chi connectivity index (χ1) is 7.24. The predicted octanol–water partition coefficient (Wildman–Crippen LogP) is 2.25. The lowest BCUT2D eigenvalue weighted by Gasteiger charge is -2.46. The summed E-state index contributed by atoms with van der Waals surface area (Å²) in [5, 5.41) is 3.54. The highest BCUT2D eigenvalue weighted by Gasteiger charge is 2.34. The maximum absolute atomic E-state index is 3.54. The lowest BCUT2D eigenvalue weighted by molar-refractivity contribution is 0.0560. The quantitative estimate of drug-likeness (QED) is 0.768. The fourth-order valence-corrected chi connectivity index (χ4v) is 3.12. The van der Waals surface area contributed by atoms with Crippen LogP contribution in [0.3, 0.4) is 0 Å². The van der Waals surface area contributed by atoms with E-state index in [0.717, 1.165) is 5.92 Å². The second kappa shape index (κ2) is 4.84. The molecule has 0 aromatic carbocycles. The van der Waals surface area contributed by atoms with E-state index in [1.807, 2.05) is 0 Å². The van der Waals surface area contributed by atoms with Gasteiger partial charge in [-0.3, -0.25) is 4.90 Å². The average Bonchev–Trinajstić information content (AvgIpc) is 2.74. The van der Waals surface area contributed by atoms with Crippen molar-refractivity contribution in [2.75, 3.05) is 26.2 Å². The zero-order chi connectivity index (χ0) is 10.7. The van der Waals surface area contributed by atoms with Crippen LogP contribution in [0, 0.1) is 5.92 Å². The molecule has 0 bridgehead atoms. The Balaban J connectivity index is 1.92. The van der Waals surface area contributed by atoms with E-state index < -0.39 is 0 Å². The second-order valence-electron chi connectivity index (χ2n) is 5.62. The summed E-state index contributed by atoms with van der Waals surface area (Å²) in [5.74, 6) is 0.994. The summed E-state index contributed by atoms with van der Waals surface area (Å²) >= 11 is 0. The van der Waals surface area contributed by atoms with Gasteiger partial charge in [0.2, 0.25) is 0 Å². The molecule has 2 aliphatic rings. The SMILES string of the molecule is CCC1(C)CNCCN1CC1CCCC1. The Labute approximate surface area is 94.4 Å². The third-order valence-corrected chi connectivity index (χ3v) is 4.54. The van der Waals surface area contributed by atoms with Crippen molar-refractivity contribution in [1.82, 2.24) is 10.2 Å². The molecule has 1 heterocycles. The molecular formula is C13H26N2. The molecule has 0 amide bonds. The van der Waals surface area contributed by atoms with Crippen molar-refractivity contribution < 1.29 is 0 Å². The van der Waals surface area contributed by atoms with Gasteiger partial charge in [-0.05, 0) is 32.1 Å². The van der Waals surface area contributed by atoms with Crippen LogP contribution in [0.5, 0.6) is 0 Å². The predicted molar refractivity (Wildman–Crippen MR) is 65.1 cm³/mol. The molecule has 15 heavy (non-hydrogen) atoms. The van der Waals surface area contributed by atoms with Gasteiger partial charge in [-0.2, -0.15) is 0 Å². The van der Waals surface area contributed by atoms with Crippen LogP contribution in [0.15, 0.2) is 0 Å². The summed E-state index contributed by atoms with van der Waals surface area (Å²) in [7, 11) is 0. The Morgan fingerprint density at radius 2 is 2.07 bits per heavy atom. The maximum atomic E-state index is 3.54. The van der Waals surface area contributed by atoms with Crippen molar-refractivity contribution in [2.45, 2.75) is 51.5 Å². The van der Waals surface area contributed by atoms with Gasteiger partial charge in [-0.25, -0.2) is 0 Å². The molecule has 0 radical (unpaired) electrons. The Hall–Kier alpha value is -0.0800. The lowest BCUT2D eigenvalue weighted by Crippen LogP contribution is -2.60. The maximum Gasteiger partial charge on any atom is 0.0303 e. The molecule has 88 valence electrons. The third kappa shape index (κ3) is 2.54. The molecular weight excluding hydrogens is 184 g/mol. The highest BCUT2D eigenvalue weighted by atomic mass is 15.3. The van der Waals surface area contributed by atoms with Crippen LogP contribution in [-0.4, -0.2) is 36.6 Å². The zero-order valence-corrected chi connectivity index (χ0v) is 10.4. The summed E-state index contributed by atoms with van der Waals surface area (Å²) in [4.78, 5) is 2.75. The van der Waals surface area contributed by atoms with Gasteiger partial charge in [0.15, 0.2) is 0 Å². The Bertz CT molecular complexity index is 199. The summed E-state index contributed by atoms with van der Waals surface area (Å²) < 4.78 is 0. The Morgan fingerprint density at radius 1 is 1.33 bits per heavy atom. The molecule has 1 unspecified atom stereocenters. The first-order valence-corrected chi connectivity index (χ1v) is 6.70. The highest BCUT2D eigenvalue weighted by Crippen LogP contribution is 2.29. The van der Waals surface area contributed by atoms with Crippen molar-refractivity contribution in [2.24, 2.45) is 5.92 Å². The Kier molecular flexibility index (Phi) is 3.68. The van der Waals surface area contributed by atoms with E-state index in [1.165, 1.54) is 58.3 Å². The van der Waals surface area contributed by atoms with Crippen LogP contribution in [0.25, 0.3) is 0 Å². The summed E-state index contributed by atoms with van der Waals surface area (Å²) in [6.07, 6.45) is 7.17. The molecule has 1 saturated carbocycles. The molecule has 1 atom stereocenters. The number of hydrogen-bond donors (Lipinski definition) is 1. The summed E-state index contributed by atoms with van der Waals surface area (Å²) in [6, 6.07) is 0. The topological polar surface area (TPSA) is 15.3 Å². The molecule has 1 aliphatic carbocycles. The fraction of sp³-hybridized carbons (Fsp3) is 1.00. The average molecular weight is 210 g/mol. The van der Waals surface area contributed by atoms with E-state index in [9.17, 15) is 0 Å². The third-order valence-electron chi connectivity index (χ3n) is 4.54. The van der Waals surface area contributed by atoms with Crippen LogP contribution in [0.2, 0.25) is 0 Å². The van der Waals surface area contributed by atoms with Gasteiger partial charge < -0.3 is 5.32 Å². The van der Waals surface area contributed by atoms with Crippen LogP contribution in [0.1, 0.15) is 46.0 Å². The van der Waals surface area contributed by atoms with E-state index in [2.05, 4.69) is 24.1 Å². The normalized spacial score (nSPS) is 34.8. The molecule has 2 heteroatoms. The van der Waals surface area contributed by atoms with Crippen molar-refractivity contribution >= 4 is 0 Å². The van der Waals surface area contributed by atoms with E-state index in [4.69, 9.17) is 0 Å². The molecule has 0 aromatic rings. The van der Waals surface area contributed by atoms with Crippen molar-refractivity contribution in [1.29, 1.82) is 0 Å². The van der Waals surface area contributed by atoms with Gasteiger partial charge in [0.1, 0.15) is 0 Å². The van der Waals surface area contributed by atoms with Crippen LogP contribution >= 0.6 is 0 Å². The standard InChI is InChI=1S/C13H26N2/c1-3-13(2)11-14-8-9-15(13)10-12-6-4-5-7-12/h12,14H,3-11H2,1-2H3. The van der Waals surface area contributed by atoms with Gasteiger partial charge in [0, 0.05) is 31.7 Å². The van der Waals surface area contributed by atoms with Crippen LogP contribution < -0.4 is 5.32 Å². The summed E-state index contributed by atoms with van der Waals surface area (Å²) in [5.41, 5.74) is 0.418. The fourth-order valence-electron chi connectivity index (χ4n) is 3.12. The minimum atomic E-state index is 0.418. The molecule has 2 fully saturated rings. The van der Waals surface area contributed by atoms with Gasteiger partial charge >= 0.3 is 0 Å². The second-order valence-corrected chi connectivity index (χ2v) is 5.62. The zero-order valence-electron chi connectivity index (χ0n) is 10.4. The first-order valence-electron chi connectivity index (χ1n) is 6.70. The molecule has 1 saturated heterocycles. The molecule has 0 aromatic heterocycles. The van der Waals surface area contributed by atoms with Crippen molar-refractivity contribution in [3.8, 4) is 0 Å². The minimum absolute atomic E-state index is 0.418.